The van der Waals surface area contributed by atoms with Gasteiger partial charge in [0.2, 0.25) is 17.7 Å². The Kier molecular flexibility index (Phi) is 14.9. The van der Waals surface area contributed by atoms with E-state index in [1.165, 1.54) is 5.69 Å². The van der Waals surface area contributed by atoms with Crippen LogP contribution < -0.4 is 10.2 Å². The lowest BCUT2D eigenvalue weighted by Gasteiger charge is -2.37. The highest BCUT2D eigenvalue weighted by Gasteiger charge is 2.39. The van der Waals surface area contributed by atoms with E-state index in [2.05, 4.69) is 44.3 Å². The largest absolute Gasteiger partial charge is 0.455 e. The maximum atomic E-state index is 14.1. The van der Waals surface area contributed by atoms with Gasteiger partial charge in [-0.2, -0.15) is 0 Å². The highest BCUT2D eigenvalue weighted by atomic mass is 16.5. The van der Waals surface area contributed by atoms with Crippen molar-refractivity contribution >= 4 is 29.4 Å². The zero-order valence-corrected chi connectivity index (χ0v) is 34.2. The molecule has 5 rings (SSSR count). The number of amides is 3. The molecule has 1 unspecified atom stereocenters. The molecule has 3 heterocycles. The SMILES string of the molecule is CC(=C[C@H](C(C)C)N(C)C(=O)[C@@H](NC(=O)[C@H]1CCCCN1C)C(C)C)C(=O)N1CCC[C@H]1C(=O)OC(CN1CCN(c2ccccc2)CC1)c1ccccc1. The number of piperazine rings is 1. The summed E-state index contributed by atoms with van der Waals surface area (Å²) in [6, 6.07) is 18.3. The second-order valence-corrected chi connectivity index (χ2v) is 16.4. The maximum absolute atomic E-state index is 14.1. The Hall–Kier alpha value is -4.22. The molecule has 2 aromatic rings. The Morgan fingerprint density at radius 2 is 1.45 bits per heavy atom. The molecule has 3 aliphatic rings. The number of carbonyl (C=O) groups excluding carboxylic acids is 4. The minimum absolute atomic E-state index is 0.00905. The van der Waals surface area contributed by atoms with Crippen LogP contribution in [0, 0.1) is 11.8 Å². The van der Waals surface area contributed by atoms with Crippen molar-refractivity contribution in [3.63, 3.8) is 0 Å². The Bertz CT molecular complexity index is 1610. The summed E-state index contributed by atoms with van der Waals surface area (Å²) in [4.78, 5) is 65.5. The molecule has 3 saturated heterocycles. The number of rotatable bonds is 14. The Balaban J connectivity index is 1.24. The summed E-state index contributed by atoms with van der Waals surface area (Å²) in [5.41, 5.74) is 2.62. The summed E-state index contributed by atoms with van der Waals surface area (Å²) in [5, 5.41) is 3.07. The monoisotopic (exact) mass is 756 g/mol. The van der Waals surface area contributed by atoms with Crippen molar-refractivity contribution in [1.82, 2.24) is 24.9 Å². The number of ether oxygens (including phenoxy) is 1. The van der Waals surface area contributed by atoms with Gasteiger partial charge in [-0.25, -0.2) is 4.79 Å². The van der Waals surface area contributed by atoms with E-state index in [-0.39, 0.29) is 41.6 Å². The molecule has 0 bridgehead atoms. The third-order valence-electron chi connectivity index (χ3n) is 11.7. The molecular weight excluding hydrogens is 693 g/mol. The quantitative estimate of drug-likeness (QED) is 0.209. The van der Waals surface area contributed by atoms with Crippen LogP contribution in [-0.4, -0.2) is 127 Å². The molecule has 0 spiro atoms. The van der Waals surface area contributed by atoms with E-state index in [1.54, 1.807) is 23.8 Å². The molecule has 3 aliphatic heterocycles. The maximum Gasteiger partial charge on any atom is 0.329 e. The number of carbonyl (C=O) groups is 4. The fraction of sp³-hybridized carbons (Fsp3) is 0.591. The van der Waals surface area contributed by atoms with Gasteiger partial charge in [0.05, 0.1) is 12.1 Å². The Morgan fingerprint density at radius 3 is 2.07 bits per heavy atom. The first-order valence-corrected chi connectivity index (χ1v) is 20.4. The highest BCUT2D eigenvalue weighted by Crippen LogP contribution is 2.27. The van der Waals surface area contributed by atoms with Crippen LogP contribution in [0.1, 0.15) is 78.4 Å². The normalized spacial score (nSPS) is 21.7. The molecule has 3 amide bonds. The first-order chi connectivity index (χ1) is 26.3. The van der Waals surface area contributed by atoms with Crippen LogP contribution in [0.15, 0.2) is 72.3 Å². The summed E-state index contributed by atoms with van der Waals surface area (Å²) >= 11 is 0. The van der Waals surface area contributed by atoms with Crippen molar-refractivity contribution in [1.29, 1.82) is 0 Å². The van der Waals surface area contributed by atoms with E-state index in [0.29, 0.717) is 31.5 Å². The lowest BCUT2D eigenvalue weighted by molar-refractivity contribution is -0.158. The van der Waals surface area contributed by atoms with Crippen LogP contribution >= 0.6 is 0 Å². The molecule has 3 fully saturated rings. The fourth-order valence-electron chi connectivity index (χ4n) is 8.26. The summed E-state index contributed by atoms with van der Waals surface area (Å²) in [6.07, 6.45) is 5.46. The number of nitrogens with one attached hydrogen (secondary N) is 1. The number of para-hydroxylation sites is 1. The van der Waals surface area contributed by atoms with Crippen LogP contribution in [0.3, 0.4) is 0 Å². The molecular formula is C44H64N6O5. The third kappa shape index (κ3) is 10.8. The number of benzene rings is 2. The van der Waals surface area contributed by atoms with Crippen molar-refractivity contribution in [2.24, 2.45) is 11.8 Å². The molecule has 1 N–H and O–H groups in total. The first kappa shape index (κ1) is 41.9. The number of likely N-dealkylation sites (N-methyl/N-ethyl adjacent to an activating group) is 2. The third-order valence-corrected chi connectivity index (χ3v) is 11.7. The molecule has 0 radical (unpaired) electrons. The molecule has 300 valence electrons. The van der Waals surface area contributed by atoms with E-state index in [4.69, 9.17) is 4.74 Å². The predicted molar refractivity (Wildman–Crippen MR) is 217 cm³/mol. The second-order valence-electron chi connectivity index (χ2n) is 16.4. The van der Waals surface area contributed by atoms with Gasteiger partial charge in [0.25, 0.3) is 0 Å². The molecule has 2 aromatic carbocycles. The molecule has 0 aromatic heterocycles. The smallest absolute Gasteiger partial charge is 0.329 e. The van der Waals surface area contributed by atoms with Crippen LogP contribution in [-0.2, 0) is 23.9 Å². The minimum Gasteiger partial charge on any atom is -0.455 e. The van der Waals surface area contributed by atoms with Crippen molar-refractivity contribution in [3.8, 4) is 0 Å². The van der Waals surface area contributed by atoms with E-state index in [1.807, 2.05) is 77.2 Å². The number of piperidine rings is 1. The average molecular weight is 757 g/mol. The van der Waals surface area contributed by atoms with Gasteiger partial charge in [-0.05, 0) is 75.7 Å². The van der Waals surface area contributed by atoms with Crippen molar-refractivity contribution in [2.45, 2.75) is 97.0 Å². The van der Waals surface area contributed by atoms with Gasteiger partial charge in [0.1, 0.15) is 18.2 Å². The average Bonchev–Trinajstić information content (AvgIpc) is 3.69. The zero-order chi connectivity index (χ0) is 39.6. The Morgan fingerprint density at radius 1 is 0.818 bits per heavy atom. The molecule has 11 nitrogen and oxygen atoms in total. The number of nitrogens with zero attached hydrogens (tertiary/aromatic N) is 5. The summed E-state index contributed by atoms with van der Waals surface area (Å²) in [5.74, 6) is -1.05. The van der Waals surface area contributed by atoms with Gasteiger partial charge in [0.15, 0.2) is 0 Å². The molecule has 55 heavy (non-hydrogen) atoms. The number of likely N-dealkylation sites (tertiary alicyclic amines) is 2. The molecule has 0 saturated carbocycles. The summed E-state index contributed by atoms with van der Waals surface area (Å²) in [7, 11) is 3.71. The fourth-order valence-corrected chi connectivity index (χ4v) is 8.26. The lowest BCUT2D eigenvalue weighted by Crippen LogP contribution is -2.57. The van der Waals surface area contributed by atoms with E-state index < -0.39 is 24.2 Å². The van der Waals surface area contributed by atoms with Gasteiger partial charge in [-0.1, -0.05) is 88.7 Å². The van der Waals surface area contributed by atoms with Gasteiger partial charge >= 0.3 is 5.97 Å². The van der Waals surface area contributed by atoms with Crippen LogP contribution in [0.4, 0.5) is 5.69 Å². The van der Waals surface area contributed by atoms with Crippen LogP contribution in [0.2, 0.25) is 0 Å². The number of hydrogen-bond donors (Lipinski definition) is 1. The van der Waals surface area contributed by atoms with Gasteiger partial charge in [-0.15, -0.1) is 0 Å². The second kappa shape index (κ2) is 19.6. The zero-order valence-electron chi connectivity index (χ0n) is 34.2. The van der Waals surface area contributed by atoms with E-state index >= 15 is 0 Å². The van der Waals surface area contributed by atoms with Gasteiger partial charge in [-0.3, -0.25) is 24.2 Å². The minimum atomic E-state index is -0.693. The molecule has 11 heteroatoms. The number of anilines is 1. The standard InChI is InChI=1S/C44H64N6O5/c1-31(2)38(47(7)43(53)40(32(3)4)45-41(51)36-21-14-15-23-46(36)6)29-33(5)42(52)50-24-16-22-37(50)44(54)55-39(34-17-10-8-11-18-34)30-48-25-27-49(28-26-48)35-19-12-9-13-20-35/h8-13,17-20,29,31-32,36-40H,14-16,21-28,30H2,1-7H3,(H,45,51)/t36-,37+,38-,39?,40+/m1/s1. The van der Waals surface area contributed by atoms with Crippen LogP contribution in [0.25, 0.3) is 0 Å². The summed E-state index contributed by atoms with van der Waals surface area (Å²) in [6.45, 7) is 15.1. The van der Waals surface area contributed by atoms with E-state index in [9.17, 15) is 19.2 Å². The van der Waals surface area contributed by atoms with Crippen molar-refractivity contribution < 1.29 is 23.9 Å². The van der Waals surface area contributed by atoms with Gasteiger partial charge < -0.3 is 24.8 Å². The van der Waals surface area contributed by atoms with E-state index in [0.717, 1.165) is 57.5 Å². The van der Waals surface area contributed by atoms with Crippen LogP contribution in [0.5, 0.6) is 0 Å². The number of esters is 1. The Labute approximate surface area is 329 Å². The first-order valence-electron chi connectivity index (χ1n) is 20.4. The van der Waals surface area contributed by atoms with Gasteiger partial charge in [0, 0.05) is 57.6 Å². The highest BCUT2D eigenvalue weighted by molar-refractivity contribution is 5.96. The predicted octanol–water partition coefficient (Wildman–Crippen LogP) is 5.14. The van der Waals surface area contributed by atoms with Crippen molar-refractivity contribution in [2.75, 3.05) is 64.8 Å². The summed E-state index contributed by atoms with van der Waals surface area (Å²) < 4.78 is 6.32. The molecule has 5 atom stereocenters. The topological polar surface area (TPSA) is 106 Å². The number of hydrogen-bond acceptors (Lipinski definition) is 8. The molecule has 0 aliphatic carbocycles. The lowest BCUT2D eigenvalue weighted by atomic mass is 9.96. The van der Waals surface area contributed by atoms with Crippen molar-refractivity contribution in [3.05, 3.63) is 77.9 Å².